The number of nitrogens with zero attached hydrogens (tertiary/aromatic N) is 5. The highest BCUT2D eigenvalue weighted by Gasteiger charge is 2.35. The van der Waals surface area contributed by atoms with Crippen molar-refractivity contribution in [3.63, 3.8) is 0 Å². The maximum absolute atomic E-state index is 13.3. The number of hydrogen-bond acceptors (Lipinski definition) is 6. The minimum Gasteiger partial charge on any atom is -0.388 e. The number of likely N-dealkylation sites (tertiary alicyclic amines) is 1. The molecule has 2 aromatic carbocycles. The van der Waals surface area contributed by atoms with Gasteiger partial charge in [0.25, 0.3) is 5.56 Å². The van der Waals surface area contributed by atoms with Gasteiger partial charge in [-0.05, 0) is 41.5 Å². The van der Waals surface area contributed by atoms with Crippen molar-refractivity contribution in [2.75, 3.05) is 13.1 Å². The second-order valence-electron chi connectivity index (χ2n) is 10.7. The van der Waals surface area contributed by atoms with Gasteiger partial charge in [0.1, 0.15) is 6.33 Å². The Labute approximate surface area is 220 Å². The topological polar surface area (TPSA) is 105 Å². The Morgan fingerprint density at radius 1 is 1.11 bits per heavy atom. The summed E-state index contributed by atoms with van der Waals surface area (Å²) in [5.41, 5.74) is 4.23. The van der Waals surface area contributed by atoms with Crippen LogP contribution in [0.5, 0.6) is 0 Å². The van der Waals surface area contributed by atoms with Crippen molar-refractivity contribution < 1.29 is 9.90 Å². The van der Waals surface area contributed by atoms with Gasteiger partial charge in [0, 0.05) is 38.2 Å². The van der Waals surface area contributed by atoms with Crippen LogP contribution in [0.15, 0.2) is 65.8 Å². The van der Waals surface area contributed by atoms with Crippen LogP contribution in [-0.4, -0.2) is 53.8 Å². The zero-order chi connectivity index (χ0) is 26.3. The van der Waals surface area contributed by atoms with E-state index in [0.29, 0.717) is 32.4 Å². The number of fused-ring (bicyclic) bond motifs is 2. The highest BCUT2D eigenvalue weighted by atomic mass is 16.3. The van der Waals surface area contributed by atoms with Gasteiger partial charge in [-0.15, -0.1) is 0 Å². The second-order valence-corrected chi connectivity index (χ2v) is 10.7. The number of amides is 1. The molecule has 2 aliphatic heterocycles. The lowest BCUT2D eigenvalue weighted by atomic mass is 9.90. The summed E-state index contributed by atoms with van der Waals surface area (Å²) in [4.78, 5) is 32.4. The van der Waals surface area contributed by atoms with E-state index in [-0.39, 0.29) is 29.6 Å². The van der Waals surface area contributed by atoms with Crippen LogP contribution in [0, 0.1) is 0 Å². The molecule has 196 valence electrons. The number of piperidine rings is 1. The molecule has 0 saturated carbocycles. The van der Waals surface area contributed by atoms with Gasteiger partial charge in [-0.2, -0.15) is 5.10 Å². The van der Waals surface area contributed by atoms with Gasteiger partial charge >= 0.3 is 0 Å². The molecule has 6 rings (SSSR count). The Morgan fingerprint density at radius 3 is 2.66 bits per heavy atom. The molecule has 4 heterocycles. The first-order chi connectivity index (χ1) is 18.4. The van der Waals surface area contributed by atoms with E-state index in [1.54, 1.807) is 10.7 Å². The number of aromatic nitrogens is 4. The third-order valence-electron chi connectivity index (χ3n) is 7.99. The maximum atomic E-state index is 13.3. The summed E-state index contributed by atoms with van der Waals surface area (Å²) in [5, 5.41) is 19.1. The van der Waals surface area contributed by atoms with Crippen LogP contribution in [0.25, 0.3) is 16.9 Å². The smallest absolute Gasteiger partial charge is 0.296 e. The van der Waals surface area contributed by atoms with Gasteiger partial charge in [-0.1, -0.05) is 49.4 Å². The van der Waals surface area contributed by atoms with Crippen molar-refractivity contribution in [3.8, 4) is 11.3 Å². The van der Waals surface area contributed by atoms with Crippen LogP contribution in [0.3, 0.4) is 0 Å². The van der Waals surface area contributed by atoms with Gasteiger partial charge in [-0.3, -0.25) is 14.2 Å². The standard InChI is InChI=1S/C29H32N6O3/c1-20(21-5-3-2-4-6-21)13-26(36)33-11-9-29(38,10-12-33)18-34-19-32-35-25(17-31-27(35)28(34)37)22-7-8-23-15-30-16-24(23)14-22/h2-8,14,17,19-20,30,38H,9-13,15-16,18H2,1H3/t20-/m1/s1. The van der Waals surface area contributed by atoms with Gasteiger partial charge < -0.3 is 15.3 Å². The maximum Gasteiger partial charge on any atom is 0.296 e. The molecule has 38 heavy (non-hydrogen) atoms. The summed E-state index contributed by atoms with van der Waals surface area (Å²) in [7, 11) is 0. The first-order valence-corrected chi connectivity index (χ1v) is 13.2. The van der Waals surface area contributed by atoms with E-state index in [9.17, 15) is 14.7 Å². The first kappa shape index (κ1) is 24.5. The number of carbonyl (C=O) groups excluding carboxylic acids is 1. The third kappa shape index (κ3) is 4.63. The predicted octanol–water partition coefficient (Wildman–Crippen LogP) is 2.71. The molecule has 1 fully saturated rings. The molecule has 0 radical (unpaired) electrons. The summed E-state index contributed by atoms with van der Waals surface area (Å²) >= 11 is 0. The van der Waals surface area contributed by atoms with Gasteiger partial charge in [0.05, 0.1) is 24.0 Å². The fourth-order valence-corrected chi connectivity index (χ4v) is 5.60. The van der Waals surface area contributed by atoms with Crippen molar-refractivity contribution in [3.05, 3.63) is 88.1 Å². The van der Waals surface area contributed by atoms with Crippen molar-refractivity contribution in [2.45, 2.75) is 57.3 Å². The van der Waals surface area contributed by atoms with E-state index in [0.717, 1.165) is 29.9 Å². The van der Waals surface area contributed by atoms with Crippen molar-refractivity contribution >= 4 is 11.6 Å². The van der Waals surface area contributed by atoms with E-state index in [2.05, 4.69) is 34.5 Å². The number of nitrogens with one attached hydrogen (secondary N) is 1. The lowest BCUT2D eigenvalue weighted by molar-refractivity contribution is -0.136. The number of aliphatic hydroxyl groups is 1. The highest BCUT2D eigenvalue weighted by molar-refractivity contribution is 5.77. The molecule has 4 aromatic rings. The zero-order valence-electron chi connectivity index (χ0n) is 21.5. The van der Waals surface area contributed by atoms with Crippen LogP contribution in [-0.2, 0) is 24.4 Å². The van der Waals surface area contributed by atoms with Crippen LogP contribution in [0.4, 0.5) is 0 Å². The highest BCUT2D eigenvalue weighted by Crippen LogP contribution is 2.27. The molecule has 9 heteroatoms. The van der Waals surface area contributed by atoms with Crippen molar-refractivity contribution in [1.82, 2.24) is 29.4 Å². The quantitative estimate of drug-likeness (QED) is 0.412. The fourth-order valence-electron chi connectivity index (χ4n) is 5.60. The van der Waals surface area contributed by atoms with Gasteiger partial charge in [-0.25, -0.2) is 9.50 Å². The van der Waals surface area contributed by atoms with E-state index in [4.69, 9.17) is 0 Å². The predicted molar refractivity (Wildman–Crippen MR) is 143 cm³/mol. The summed E-state index contributed by atoms with van der Waals surface area (Å²) in [6.07, 6.45) is 4.39. The third-order valence-corrected chi connectivity index (χ3v) is 7.99. The number of carbonyl (C=O) groups is 1. The number of imidazole rings is 1. The molecular weight excluding hydrogens is 480 g/mol. The lowest BCUT2D eigenvalue weighted by Crippen LogP contribution is -2.50. The van der Waals surface area contributed by atoms with E-state index < -0.39 is 5.60 Å². The fraction of sp³-hybridized carbons (Fsp3) is 0.379. The Hall–Kier alpha value is -3.82. The molecule has 2 N–H and O–H groups in total. The Kier molecular flexibility index (Phi) is 6.33. The van der Waals surface area contributed by atoms with Gasteiger partial charge in [0.2, 0.25) is 11.6 Å². The average Bonchev–Trinajstić information content (AvgIpc) is 3.58. The van der Waals surface area contributed by atoms with E-state index in [1.807, 2.05) is 41.3 Å². The Balaban J connectivity index is 1.13. The van der Waals surface area contributed by atoms with E-state index in [1.165, 1.54) is 22.0 Å². The summed E-state index contributed by atoms with van der Waals surface area (Å²) < 4.78 is 3.01. The summed E-state index contributed by atoms with van der Waals surface area (Å²) in [6.45, 7) is 4.79. The minimum absolute atomic E-state index is 0.0934. The molecule has 0 spiro atoms. The molecule has 1 saturated heterocycles. The first-order valence-electron chi connectivity index (χ1n) is 13.2. The average molecular weight is 513 g/mol. The number of rotatable bonds is 6. The van der Waals surface area contributed by atoms with Gasteiger partial charge in [0.15, 0.2) is 0 Å². The van der Waals surface area contributed by atoms with Crippen molar-refractivity contribution in [1.29, 1.82) is 0 Å². The Bertz CT molecular complexity index is 1540. The second kappa shape index (κ2) is 9.81. The zero-order valence-corrected chi connectivity index (χ0v) is 21.5. The molecule has 0 unspecified atom stereocenters. The lowest BCUT2D eigenvalue weighted by Gasteiger charge is -2.38. The SMILES string of the molecule is C[C@H](CC(=O)N1CCC(O)(Cn2cnn3c(-c4ccc5c(c4)CNC5)cnc3c2=O)CC1)c1ccccc1. The molecule has 2 aromatic heterocycles. The van der Waals surface area contributed by atoms with E-state index >= 15 is 0 Å². The number of benzene rings is 2. The largest absolute Gasteiger partial charge is 0.388 e. The summed E-state index contributed by atoms with van der Waals surface area (Å²) in [6, 6.07) is 16.3. The molecule has 1 atom stereocenters. The monoisotopic (exact) mass is 512 g/mol. The van der Waals surface area contributed by atoms with Crippen LogP contribution >= 0.6 is 0 Å². The molecule has 1 amide bonds. The molecule has 2 aliphatic rings. The van der Waals surface area contributed by atoms with Crippen LogP contribution < -0.4 is 10.9 Å². The minimum atomic E-state index is -1.09. The molecular formula is C29H32N6O3. The molecule has 9 nitrogen and oxygen atoms in total. The molecule has 0 aliphatic carbocycles. The molecule has 0 bridgehead atoms. The van der Waals surface area contributed by atoms with Crippen LogP contribution in [0.1, 0.15) is 48.8 Å². The Morgan fingerprint density at radius 2 is 1.87 bits per heavy atom. The normalized spacial score (nSPS) is 17.5. The number of hydrogen-bond donors (Lipinski definition) is 2. The van der Waals surface area contributed by atoms with Crippen LogP contribution in [0.2, 0.25) is 0 Å². The van der Waals surface area contributed by atoms with Crippen molar-refractivity contribution in [2.24, 2.45) is 0 Å². The summed E-state index contributed by atoms with van der Waals surface area (Å²) in [5.74, 6) is 0.227.